The SMILES string of the molecule is CC.CC1(C)OC(=O)N[C@H]1c1ccccc1. The molecule has 2 rings (SSSR count). The number of nitrogens with one attached hydrogen (secondary N) is 1. The van der Waals surface area contributed by atoms with E-state index in [1.165, 1.54) is 0 Å². The zero-order chi connectivity index (χ0) is 12.2. The summed E-state index contributed by atoms with van der Waals surface area (Å²) in [6.45, 7) is 7.81. The Morgan fingerprint density at radius 1 is 1.19 bits per heavy atom. The molecule has 0 bridgehead atoms. The van der Waals surface area contributed by atoms with Crippen molar-refractivity contribution in [2.24, 2.45) is 0 Å². The van der Waals surface area contributed by atoms with E-state index in [1.807, 2.05) is 58.0 Å². The van der Waals surface area contributed by atoms with Gasteiger partial charge in [0.15, 0.2) is 0 Å². The highest BCUT2D eigenvalue weighted by molar-refractivity contribution is 5.71. The summed E-state index contributed by atoms with van der Waals surface area (Å²) in [5.74, 6) is 0. The lowest BCUT2D eigenvalue weighted by molar-refractivity contribution is 0.0684. The molecule has 0 spiro atoms. The van der Waals surface area contributed by atoms with Crippen molar-refractivity contribution in [2.45, 2.75) is 39.3 Å². The Bertz CT molecular complexity index is 346. The molecule has 0 radical (unpaired) electrons. The number of hydrogen-bond donors (Lipinski definition) is 1. The maximum atomic E-state index is 11.1. The number of carbonyl (C=O) groups excluding carboxylic acids is 1. The molecule has 1 aliphatic heterocycles. The maximum Gasteiger partial charge on any atom is 0.408 e. The van der Waals surface area contributed by atoms with Crippen molar-refractivity contribution in [3.63, 3.8) is 0 Å². The maximum absolute atomic E-state index is 11.1. The van der Waals surface area contributed by atoms with Crippen LogP contribution in [0.15, 0.2) is 30.3 Å². The molecule has 1 heterocycles. The largest absolute Gasteiger partial charge is 0.441 e. The van der Waals surface area contributed by atoms with E-state index in [1.54, 1.807) is 0 Å². The van der Waals surface area contributed by atoms with Gasteiger partial charge in [-0.25, -0.2) is 4.79 Å². The first kappa shape index (κ1) is 12.6. The second-order valence-corrected chi connectivity index (χ2v) is 3.98. The molecule has 1 aromatic carbocycles. The predicted molar refractivity (Wildman–Crippen MR) is 64.2 cm³/mol. The van der Waals surface area contributed by atoms with Crippen molar-refractivity contribution in [1.82, 2.24) is 5.32 Å². The van der Waals surface area contributed by atoms with E-state index < -0.39 is 5.60 Å². The van der Waals surface area contributed by atoms with E-state index >= 15 is 0 Å². The average Bonchev–Trinajstić information content (AvgIpc) is 2.56. The van der Waals surface area contributed by atoms with Gasteiger partial charge in [0.05, 0.1) is 6.04 Å². The Morgan fingerprint density at radius 2 is 1.75 bits per heavy atom. The van der Waals surface area contributed by atoms with Crippen molar-refractivity contribution >= 4 is 6.09 Å². The molecule has 1 amide bonds. The molecule has 3 heteroatoms. The molecule has 0 aromatic heterocycles. The van der Waals surface area contributed by atoms with Gasteiger partial charge in [0, 0.05) is 0 Å². The minimum Gasteiger partial charge on any atom is -0.441 e. The standard InChI is InChI=1S/C11H13NO2.C2H6/c1-11(2)9(12-10(13)14-11)8-6-4-3-5-7-8;1-2/h3-7,9H,1-2H3,(H,12,13);1-2H3/t9-;/m0./s1. The molecule has 1 saturated heterocycles. The van der Waals surface area contributed by atoms with E-state index in [0.717, 1.165) is 5.56 Å². The Morgan fingerprint density at radius 3 is 2.19 bits per heavy atom. The van der Waals surface area contributed by atoms with Crippen molar-refractivity contribution in [3.8, 4) is 0 Å². The summed E-state index contributed by atoms with van der Waals surface area (Å²) in [6, 6.07) is 9.78. The van der Waals surface area contributed by atoms with Gasteiger partial charge in [-0.2, -0.15) is 0 Å². The van der Waals surface area contributed by atoms with Crippen molar-refractivity contribution in [1.29, 1.82) is 0 Å². The molecule has 1 fully saturated rings. The quantitative estimate of drug-likeness (QED) is 0.790. The van der Waals surface area contributed by atoms with Gasteiger partial charge in [0.2, 0.25) is 0 Å². The van der Waals surface area contributed by atoms with Crippen LogP contribution in [0, 0.1) is 0 Å². The zero-order valence-electron chi connectivity index (χ0n) is 10.3. The van der Waals surface area contributed by atoms with Gasteiger partial charge < -0.3 is 10.1 Å². The molecule has 88 valence electrons. The van der Waals surface area contributed by atoms with Crippen molar-refractivity contribution < 1.29 is 9.53 Å². The van der Waals surface area contributed by atoms with Gasteiger partial charge >= 0.3 is 6.09 Å². The van der Waals surface area contributed by atoms with Gasteiger partial charge in [-0.15, -0.1) is 0 Å². The van der Waals surface area contributed by atoms with E-state index in [2.05, 4.69) is 5.32 Å². The Hall–Kier alpha value is -1.51. The molecule has 0 unspecified atom stereocenters. The van der Waals surface area contributed by atoms with Crippen LogP contribution in [0.25, 0.3) is 0 Å². The number of ether oxygens (including phenoxy) is 1. The first-order valence-corrected chi connectivity index (χ1v) is 5.64. The zero-order valence-corrected chi connectivity index (χ0v) is 10.3. The number of benzene rings is 1. The summed E-state index contributed by atoms with van der Waals surface area (Å²) in [7, 11) is 0. The van der Waals surface area contributed by atoms with Crippen molar-refractivity contribution in [2.75, 3.05) is 0 Å². The Kier molecular flexibility index (Phi) is 3.93. The van der Waals surface area contributed by atoms with Crippen LogP contribution in [0.4, 0.5) is 4.79 Å². The van der Waals surface area contributed by atoms with Crippen LogP contribution in [0.2, 0.25) is 0 Å². The highest BCUT2D eigenvalue weighted by atomic mass is 16.6. The molecular weight excluding hydrogens is 202 g/mol. The number of amides is 1. The number of carbonyl (C=O) groups is 1. The third-order valence-electron chi connectivity index (χ3n) is 2.45. The fraction of sp³-hybridized carbons (Fsp3) is 0.462. The molecule has 1 aromatic rings. The van der Waals surface area contributed by atoms with Crippen LogP contribution in [0.1, 0.15) is 39.3 Å². The summed E-state index contributed by atoms with van der Waals surface area (Å²) in [6.07, 6.45) is -0.344. The van der Waals surface area contributed by atoms with Crippen LogP contribution in [0.5, 0.6) is 0 Å². The summed E-state index contributed by atoms with van der Waals surface area (Å²) in [5, 5.41) is 2.80. The summed E-state index contributed by atoms with van der Waals surface area (Å²) in [5.41, 5.74) is 0.599. The molecule has 3 nitrogen and oxygen atoms in total. The van der Waals surface area contributed by atoms with Crippen LogP contribution in [0.3, 0.4) is 0 Å². The second-order valence-electron chi connectivity index (χ2n) is 3.98. The van der Waals surface area contributed by atoms with Crippen LogP contribution in [-0.2, 0) is 4.74 Å². The first-order valence-electron chi connectivity index (χ1n) is 5.64. The van der Waals surface area contributed by atoms with Gasteiger partial charge in [0.1, 0.15) is 5.60 Å². The molecule has 0 aliphatic carbocycles. The Balaban J connectivity index is 0.000000606. The Labute approximate surface area is 96.8 Å². The number of cyclic esters (lactones) is 1. The van der Waals surface area contributed by atoms with Gasteiger partial charge in [-0.3, -0.25) is 0 Å². The van der Waals surface area contributed by atoms with Crippen LogP contribution >= 0.6 is 0 Å². The van der Waals surface area contributed by atoms with Crippen LogP contribution < -0.4 is 5.32 Å². The number of alkyl carbamates (subject to hydrolysis) is 1. The van der Waals surface area contributed by atoms with E-state index in [-0.39, 0.29) is 12.1 Å². The number of rotatable bonds is 1. The fourth-order valence-corrected chi connectivity index (χ4v) is 1.75. The lowest BCUT2D eigenvalue weighted by Crippen LogP contribution is -2.29. The number of hydrogen-bond acceptors (Lipinski definition) is 2. The van der Waals surface area contributed by atoms with Gasteiger partial charge in [0.25, 0.3) is 0 Å². The van der Waals surface area contributed by atoms with E-state index in [9.17, 15) is 4.79 Å². The normalized spacial score (nSPS) is 21.5. The molecule has 1 atom stereocenters. The lowest BCUT2D eigenvalue weighted by Gasteiger charge is -2.23. The van der Waals surface area contributed by atoms with Gasteiger partial charge in [-0.1, -0.05) is 44.2 Å². The summed E-state index contributed by atoms with van der Waals surface area (Å²) in [4.78, 5) is 11.1. The minimum atomic E-state index is -0.474. The first-order chi connectivity index (χ1) is 7.59. The van der Waals surface area contributed by atoms with Crippen LogP contribution in [-0.4, -0.2) is 11.7 Å². The second kappa shape index (κ2) is 5.01. The molecule has 1 N–H and O–H groups in total. The lowest BCUT2D eigenvalue weighted by atomic mass is 9.93. The molecular formula is C13H19NO2. The van der Waals surface area contributed by atoms with Crippen molar-refractivity contribution in [3.05, 3.63) is 35.9 Å². The van der Waals surface area contributed by atoms with E-state index in [4.69, 9.17) is 4.74 Å². The molecule has 0 saturated carbocycles. The monoisotopic (exact) mass is 221 g/mol. The predicted octanol–water partition coefficient (Wildman–Crippen LogP) is 3.27. The van der Waals surface area contributed by atoms with E-state index in [0.29, 0.717) is 0 Å². The molecule has 1 aliphatic rings. The molecule has 16 heavy (non-hydrogen) atoms. The third kappa shape index (κ3) is 2.54. The minimum absolute atomic E-state index is 0.0591. The smallest absolute Gasteiger partial charge is 0.408 e. The fourth-order valence-electron chi connectivity index (χ4n) is 1.75. The van der Waals surface area contributed by atoms with Gasteiger partial charge in [-0.05, 0) is 19.4 Å². The highest BCUT2D eigenvalue weighted by Gasteiger charge is 2.41. The summed E-state index contributed by atoms with van der Waals surface area (Å²) < 4.78 is 5.17. The summed E-state index contributed by atoms with van der Waals surface area (Å²) >= 11 is 0. The third-order valence-corrected chi connectivity index (χ3v) is 2.45. The topological polar surface area (TPSA) is 38.3 Å². The highest BCUT2D eigenvalue weighted by Crippen LogP contribution is 2.33. The average molecular weight is 221 g/mol.